The Hall–Kier alpha value is -3.24. The van der Waals surface area contributed by atoms with Crippen molar-refractivity contribution in [3.63, 3.8) is 0 Å². The highest BCUT2D eigenvalue weighted by Crippen LogP contribution is 2.30. The average Bonchev–Trinajstić information content (AvgIpc) is 2.82. The second kappa shape index (κ2) is 9.92. The van der Waals surface area contributed by atoms with Gasteiger partial charge in [0.15, 0.2) is 0 Å². The molecule has 1 aromatic carbocycles. The molecular formula is C22H26N6O3S. The molecule has 0 bridgehead atoms. The van der Waals surface area contributed by atoms with Gasteiger partial charge >= 0.3 is 0 Å². The van der Waals surface area contributed by atoms with Crippen LogP contribution in [-0.2, 0) is 17.4 Å². The number of pyridine rings is 1. The quantitative estimate of drug-likeness (QED) is 0.523. The van der Waals surface area contributed by atoms with Crippen LogP contribution >= 0.6 is 0 Å². The van der Waals surface area contributed by atoms with Gasteiger partial charge in [0.25, 0.3) is 0 Å². The van der Waals surface area contributed by atoms with Gasteiger partial charge < -0.3 is 14.5 Å². The molecule has 0 spiro atoms. The molecule has 1 aliphatic rings. The van der Waals surface area contributed by atoms with Crippen LogP contribution in [0.1, 0.15) is 12.5 Å². The molecule has 0 saturated carbocycles. The molecule has 0 amide bonds. The number of hydrogen-bond acceptors (Lipinski definition) is 8. The second-order valence-electron chi connectivity index (χ2n) is 7.42. The Morgan fingerprint density at radius 1 is 1.09 bits per heavy atom. The minimum Gasteiger partial charge on any atom is -0.481 e. The number of rotatable bonds is 7. The van der Waals surface area contributed by atoms with Gasteiger partial charge in [-0.3, -0.25) is 0 Å². The van der Waals surface area contributed by atoms with E-state index in [1.165, 1.54) is 7.11 Å². The van der Waals surface area contributed by atoms with E-state index < -0.39 is 10.9 Å². The lowest BCUT2D eigenvalue weighted by molar-refractivity contribution is 0.348. The van der Waals surface area contributed by atoms with Gasteiger partial charge in [-0.2, -0.15) is 0 Å². The molecule has 32 heavy (non-hydrogen) atoms. The van der Waals surface area contributed by atoms with Gasteiger partial charge in [0.1, 0.15) is 12.1 Å². The molecule has 3 aromatic rings. The van der Waals surface area contributed by atoms with Crippen LogP contribution in [0.15, 0.2) is 49.1 Å². The van der Waals surface area contributed by atoms with Crippen LogP contribution in [0.25, 0.3) is 22.0 Å². The van der Waals surface area contributed by atoms with E-state index in [9.17, 15) is 8.42 Å². The van der Waals surface area contributed by atoms with E-state index in [4.69, 9.17) is 4.74 Å². The predicted octanol–water partition coefficient (Wildman–Crippen LogP) is 1.97. The van der Waals surface area contributed by atoms with E-state index >= 15 is 0 Å². The lowest BCUT2D eigenvalue weighted by atomic mass is 10.0. The van der Waals surface area contributed by atoms with Crippen LogP contribution in [0.4, 0.5) is 5.82 Å². The third-order valence-electron chi connectivity index (χ3n) is 5.44. The molecule has 1 saturated heterocycles. The van der Waals surface area contributed by atoms with E-state index in [2.05, 4.69) is 47.8 Å². The number of anilines is 1. The number of nitrogens with zero attached hydrogens (tertiary/aromatic N) is 5. The first-order valence-electron chi connectivity index (χ1n) is 10.4. The maximum absolute atomic E-state index is 11.0. The van der Waals surface area contributed by atoms with Crippen molar-refractivity contribution in [3.8, 4) is 17.0 Å². The number of methoxy groups -OCH3 is 1. The molecule has 1 N–H and O–H groups in total. The second-order valence-corrected chi connectivity index (χ2v) is 8.25. The Balaban J connectivity index is 1.68. The topological polar surface area (TPSA) is 101 Å². The van der Waals surface area contributed by atoms with Gasteiger partial charge in [0, 0.05) is 55.4 Å². The van der Waals surface area contributed by atoms with E-state index in [1.54, 1.807) is 12.5 Å². The van der Waals surface area contributed by atoms with Gasteiger partial charge in [0.05, 0.1) is 12.6 Å². The van der Waals surface area contributed by atoms with Crippen molar-refractivity contribution in [2.75, 3.05) is 38.2 Å². The largest absolute Gasteiger partial charge is 0.481 e. The summed E-state index contributed by atoms with van der Waals surface area (Å²) in [5.41, 5.74) is 3.35. The van der Waals surface area contributed by atoms with Gasteiger partial charge in [-0.15, -0.1) is 0 Å². The molecule has 0 radical (unpaired) electrons. The number of nitrogens with one attached hydrogen (secondary N) is 1. The van der Waals surface area contributed by atoms with Crippen molar-refractivity contribution in [1.29, 1.82) is 0 Å². The number of benzene rings is 1. The van der Waals surface area contributed by atoms with Crippen LogP contribution < -0.4 is 14.4 Å². The number of piperazine rings is 1. The fourth-order valence-corrected chi connectivity index (χ4v) is 4.18. The summed E-state index contributed by atoms with van der Waals surface area (Å²) in [4.78, 5) is 18.0. The summed E-state index contributed by atoms with van der Waals surface area (Å²) in [6, 6.07) is 7.91. The number of thiol groups is 1. The Morgan fingerprint density at radius 3 is 2.62 bits per heavy atom. The fraction of sp³-hybridized carbons (Fsp3) is 0.318. The van der Waals surface area contributed by atoms with Crippen molar-refractivity contribution >= 4 is 27.6 Å². The monoisotopic (exact) mass is 454 g/mol. The molecule has 0 atom stereocenters. The summed E-state index contributed by atoms with van der Waals surface area (Å²) in [5.74, 6) is 1.31. The molecule has 10 heteroatoms. The highest BCUT2D eigenvalue weighted by molar-refractivity contribution is 7.70. The smallest absolute Gasteiger partial charge is 0.217 e. The Bertz CT molecular complexity index is 1200. The fourth-order valence-electron chi connectivity index (χ4n) is 3.88. The highest BCUT2D eigenvalue weighted by atomic mass is 32.2. The van der Waals surface area contributed by atoms with Gasteiger partial charge in [-0.05, 0) is 36.9 Å². The van der Waals surface area contributed by atoms with Gasteiger partial charge in [-0.25, -0.2) is 28.1 Å². The average molecular weight is 455 g/mol. The highest BCUT2D eigenvalue weighted by Gasteiger charge is 2.19. The lowest BCUT2D eigenvalue weighted by Gasteiger charge is -2.35. The number of ether oxygens (including phenoxy) is 1. The minimum absolute atomic E-state index is 0.112. The zero-order valence-corrected chi connectivity index (χ0v) is 19.0. The predicted molar refractivity (Wildman–Crippen MR) is 125 cm³/mol. The first-order valence-corrected chi connectivity index (χ1v) is 11.5. The zero-order chi connectivity index (χ0) is 22.5. The van der Waals surface area contributed by atoms with E-state index in [-0.39, 0.29) is 6.54 Å². The number of allylic oxidation sites excluding steroid dienone is 1. The van der Waals surface area contributed by atoms with E-state index in [0.717, 1.165) is 54.0 Å². The van der Waals surface area contributed by atoms with Gasteiger partial charge in [0.2, 0.25) is 16.8 Å². The molecular weight excluding hydrogens is 428 g/mol. The van der Waals surface area contributed by atoms with E-state index in [0.29, 0.717) is 11.4 Å². The van der Waals surface area contributed by atoms with Crippen LogP contribution in [0.5, 0.6) is 5.88 Å². The molecule has 9 nitrogen and oxygen atoms in total. The summed E-state index contributed by atoms with van der Waals surface area (Å²) >= 11 is 0. The molecule has 0 aliphatic carbocycles. The lowest BCUT2D eigenvalue weighted by Crippen LogP contribution is -2.44. The standard InChI is InChI=1S/C22H26N6O3S/c1-3-6-27-7-9-28(10-8-27)21-19-12-16(4-5-20(19)24-15-25-21)17-11-18(14-26-32(29)30)22(31-2)23-13-17/h3-6,11-13,15,32H,7-10,14H2,1-2H3,(H,26,29,30). The molecule has 0 unspecified atom stereocenters. The third-order valence-corrected chi connectivity index (χ3v) is 5.85. The number of aromatic nitrogens is 3. The maximum Gasteiger partial charge on any atom is 0.217 e. The van der Waals surface area contributed by atoms with Crippen LogP contribution in [0, 0.1) is 0 Å². The van der Waals surface area contributed by atoms with Crippen molar-refractivity contribution in [1.82, 2.24) is 24.6 Å². The SMILES string of the molecule is CC=CN1CCN(c2ncnc3ccc(-c4cnc(OC)c(CN[SH](=O)=O)c4)cc23)CC1. The normalized spacial score (nSPS) is 14.6. The Labute approximate surface area is 188 Å². The molecule has 1 fully saturated rings. The Morgan fingerprint density at radius 2 is 1.91 bits per heavy atom. The zero-order valence-electron chi connectivity index (χ0n) is 18.1. The molecule has 3 heterocycles. The van der Waals surface area contributed by atoms with Crippen molar-refractivity contribution in [2.45, 2.75) is 13.5 Å². The number of fused-ring (bicyclic) bond motifs is 1. The van der Waals surface area contributed by atoms with Crippen LogP contribution in [0.2, 0.25) is 0 Å². The summed E-state index contributed by atoms with van der Waals surface area (Å²) in [5, 5.41) is 0.975. The van der Waals surface area contributed by atoms with Gasteiger partial charge in [-0.1, -0.05) is 12.1 Å². The molecule has 4 rings (SSSR count). The maximum atomic E-state index is 11.0. The third kappa shape index (κ3) is 4.81. The summed E-state index contributed by atoms with van der Waals surface area (Å²) in [6.45, 7) is 5.79. The van der Waals surface area contributed by atoms with Crippen molar-refractivity contribution in [3.05, 3.63) is 54.6 Å². The van der Waals surface area contributed by atoms with Crippen molar-refractivity contribution in [2.24, 2.45) is 0 Å². The van der Waals surface area contributed by atoms with Crippen molar-refractivity contribution < 1.29 is 13.2 Å². The summed E-state index contributed by atoms with van der Waals surface area (Å²) in [6.07, 6.45) is 7.52. The summed E-state index contributed by atoms with van der Waals surface area (Å²) in [7, 11) is -1.20. The summed E-state index contributed by atoms with van der Waals surface area (Å²) < 4.78 is 29.6. The van der Waals surface area contributed by atoms with Crippen LogP contribution in [-0.4, -0.2) is 61.6 Å². The minimum atomic E-state index is -2.71. The first-order chi connectivity index (χ1) is 15.6. The molecule has 2 aromatic heterocycles. The molecule has 168 valence electrons. The number of hydrogen-bond donors (Lipinski definition) is 2. The van der Waals surface area contributed by atoms with Crippen LogP contribution in [0.3, 0.4) is 0 Å². The Kier molecular flexibility index (Phi) is 6.81. The van der Waals surface area contributed by atoms with E-state index in [1.807, 2.05) is 25.1 Å². The first kappa shape index (κ1) is 22.0. The molecule has 1 aliphatic heterocycles.